The average Bonchev–Trinajstić information content (AvgIpc) is 2.99. The highest BCUT2D eigenvalue weighted by Gasteiger charge is 2.21. The van der Waals surface area contributed by atoms with E-state index < -0.39 is 0 Å². The predicted octanol–water partition coefficient (Wildman–Crippen LogP) is 3.66. The Morgan fingerprint density at radius 2 is 2.21 bits per heavy atom. The molecule has 0 spiro atoms. The fourth-order valence-electron chi connectivity index (χ4n) is 1.65. The number of hydrogen-bond acceptors (Lipinski definition) is 4. The van der Waals surface area contributed by atoms with Gasteiger partial charge in [0.05, 0.1) is 11.4 Å². The van der Waals surface area contributed by atoms with Crippen molar-refractivity contribution in [2.24, 2.45) is 0 Å². The summed E-state index contributed by atoms with van der Waals surface area (Å²) in [6.45, 7) is 9.44. The molecule has 0 saturated carbocycles. The monoisotopic (exact) mass is 279 g/mol. The van der Waals surface area contributed by atoms with Crippen molar-refractivity contribution in [3.05, 3.63) is 36.3 Å². The first-order valence-corrected chi connectivity index (χ1v) is 7.57. The van der Waals surface area contributed by atoms with Gasteiger partial charge in [0.1, 0.15) is 5.76 Å². The van der Waals surface area contributed by atoms with Crippen LogP contribution in [0.4, 0.5) is 0 Å². The second kappa shape index (κ2) is 5.82. The van der Waals surface area contributed by atoms with Crippen LogP contribution in [0.15, 0.2) is 29.1 Å². The summed E-state index contributed by atoms with van der Waals surface area (Å²) >= 11 is 1.83. The van der Waals surface area contributed by atoms with Crippen molar-refractivity contribution < 1.29 is 4.42 Å². The summed E-state index contributed by atoms with van der Waals surface area (Å²) in [5.41, 5.74) is 0.0185. The second-order valence-corrected chi connectivity index (χ2v) is 7.04. The lowest BCUT2D eigenvalue weighted by Crippen LogP contribution is -2.09. The molecule has 104 valence electrons. The van der Waals surface area contributed by atoms with Gasteiger partial charge < -0.3 is 4.42 Å². The van der Waals surface area contributed by atoms with Gasteiger partial charge in [-0.25, -0.2) is 4.98 Å². The minimum absolute atomic E-state index is 0.0185. The maximum absolute atomic E-state index is 5.84. The molecule has 5 heteroatoms. The number of hydrogen-bond donors (Lipinski definition) is 0. The number of rotatable bonds is 5. The van der Waals surface area contributed by atoms with Crippen molar-refractivity contribution in [2.45, 2.75) is 44.9 Å². The standard InChI is InChI=1S/C14H21N3OS/c1-11(19-9-8-17-7-5-6-16-17)13-15-10-12(18-13)14(2,3)4/h5-7,10-11H,8-9H2,1-4H3/t11-/m0/s1. The first kappa shape index (κ1) is 14.2. The highest BCUT2D eigenvalue weighted by Crippen LogP contribution is 2.31. The molecule has 0 aliphatic heterocycles. The lowest BCUT2D eigenvalue weighted by Gasteiger charge is -2.14. The third-order valence-electron chi connectivity index (χ3n) is 2.86. The molecule has 2 aromatic rings. The van der Waals surface area contributed by atoms with Crippen LogP contribution in [0.2, 0.25) is 0 Å². The molecule has 2 heterocycles. The number of nitrogens with zero attached hydrogens (tertiary/aromatic N) is 3. The van der Waals surface area contributed by atoms with Crippen LogP contribution in [0.5, 0.6) is 0 Å². The predicted molar refractivity (Wildman–Crippen MR) is 78.3 cm³/mol. The summed E-state index contributed by atoms with van der Waals surface area (Å²) in [7, 11) is 0. The van der Waals surface area contributed by atoms with E-state index in [1.807, 2.05) is 34.9 Å². The maximum Gasteiger partial charge on any atom is 0.207 e. The number of aryl methyl sites for hydroxylation is 1. The van der Waals surface area contributed by atoms with Gasteiger partial charge in [-0.15, -0.1) is 11.8 Å². The summed E-state index contributed by atoms with van der Waals surface area (Å²) in [5, 5.41) is 4.46. The van der Waals surface area contributed by atoms with Crippen LogP contribution in [0.3, 0.4) is 0 Å². The maximum atomic E-state index is 5.84. The van der Waals surface area contributed by atoms with E-state index >= 15 is 0 Å². The molecule has 0 fully saturated rings. The normalized spacial score (nSPS) is 13.7. The van der Waals surface area contributed by atoms with Crippen molar-refractivity contribution in [3.8, 4) is 0 Å². The smallest absolute Gasteiger partial charge is 0.207 e. The zero-order valence-corrected chi connectivity index (χ0v) is 12.8. The Morgan fingerprint density at radius 3 is 2.79 bits per heavy atom. The van der Waals surface area contributed by atoms with E-state index in [4.69, 9.17) is 4.42 Å². The molecule has 0 N–H and O–H groups in total. The second-order valence-electron chi connectivity index (χ2n) is 5.59. The van der Waals surface area contributed by atoms with Gasteiger partial charge in [-0.2, -0.15) is 5.10 Å². The summed E-state index contributed by atoms with van der Waals surface area (Å²) in [5.74, 6) is 2.76. The largest absolute Gasteiger partial charge is 0.444 e. The first-order valence-electron chi connectivity index (χ1n) is 6.52. The van der Waals surface area contributed by atoms with Crippen LogP contribution in [0, 0.1) is 0 Å². The van der Waals surface area contributed by atoms with Gasteiger partial charge in [-0.05, 0) is 13.0 Å². The van der Waals surface area contributed by atoms with E-state index in [1.54, 1.807) is 6.20 Å². The topological polar surface area (TPSA) is 43.9 Å². The van der Waals surface area contributed by atoms with Gasteiger partial charge in [-0.1, -0.05) is 20.8 Å². The fourth-order valence-corrected chi connectivity index (χ4v) is 2.55. The highest BCUT2D eigenvalue weighted by atomic mass is 32.2. The summed E-state index contributed by atoms with van der Waals surface area (Å²) in [6.07, 6.45) is 5.63. The molecule has 0 unspecified atom stereocenters. The minimum Gasteiger partial charge on any atom is -0.444 e. The number of oxazole rings is 1. The third-order valence-corrected chi connectivity index (χ3v) is 3.98. The molecule has 0 bridgehead atoms. The molecule has 19 heavy (non-hydrogen) atoms. The molecule has 0 radical (unpaired) electrons. The summed E-state index contributed by atoms with van der Waals surface area (Å²) in [4.78, 5) is 4.39. The van der Waals surface area contributed by atoms with Crippen LogP contribution >= 0.6 is 11.8 Å². The van der Waals surface area contributed by atoms with Crippen LogP contribution in [-0.2, 0) is 12.0 Å². The molecular weight excluding hydrogens is 258 g/mol. The van der Waals surface area contributed by atoms with Crippen molar-refractivity contribution in [3.63, 3.8) is 0 Å². The van der Waals surface area contributed by atoms with Crippen molar-refractivity contribution >= 4 is 11.8 Å². The van der Waals surface area contributed by atoms with E-state index in [1.165, 1.54) is 0 Å². The third kappa shape index (κ3) is 3.86. The van der Waals surface area contributed by atoms with Crippen LogP contribution in [0.1, 0.15) is 44.6 Å². The van der Waals surface area contributed by atoms with Gasteiger partial charge in [0.15, 0.2) is 0 Å². The van der Waals surface area contributed by atoms with E-state index in [2.05, 4.69) is 37.8 Å². The fraction of sp³-hybridized carbons (Fsp3) is 0.571. The van der Waals surface area contributed by atoms with Gasteiger partial charge >= 0.3 is 0 Å². The lowest BCUT2D eigenvalue weighted by molar-refractivity contribution is 0.383. The average molecular weight is 279 g/mol. The quantitative estimate of drug-likeness (QED) is 0.837. The number of thioether (sulfide) groups is 1. The van der Waals surface area contributed by atoms with Crippen LogP contribution in [-0.4, -0.2) is 20.5 Å². The molecule has 0 aliphatic rings. The molecule has 4 nitrogen and oxygen atoms in total. The Balaban J connectivity index is 1.86. The van der Waals surface area contributed by atoms with Crippen molar-refractivity contribution in [2.75, 3.05) is 5.75 Å². The Labute approximate surface area is 118 Å². The molecule has 0 aromatic carbocycles. The van der Waals surface area contributed by atoms with Gasteiger partial charge in [0, 0.05) is 30.1 Å². The van der Waals surface area contributed by atoms with E-state index in [9.17, 15) is 0 Å². The van der Waals surface area contributed by atoms with E-state index in [-0.39, 0.29) is 10.7 Å². The number of aromatic nitrogens is 3. The molecule has 1 atom stereocenters. The molecule has 0 amide bonds. The molecule has 0 saturated heterocycles. The lowest BCUT2D eigenvalue weighted by atomic mass is 9.94. The minimum atomic E-state index is 0.0185. The van der Waals surface area contributed by atoms with Crippen LogP contribution < -0.4 is 0 Å². The van der Waals surface area contributed by atoms with Gasteiger partial charge in [-0.3, -0.25) is 4.68 Å². The zero-order valence-electron chi connectivity index (χ0n) is 12.0. The Morgan fingerprint density at radius 1 is 1.42 bits per heavy atom. The Kier molecular flexibility index (Phi) is 4.34. The van der Waals surface area contributed by atoms with Gasteiger partial charge in [0.25, 0.3) is 0 Å². The van der Waals surface area contributed by atoms with E-state index in [0.29, 0.717) is 0 Å². The zero-order chi connectivity index (χ0) is 13.9. The SMILES string of the molecule is C[C@H](SCCn1cccn1)c1ncc(C(C)(C)C)o1. The van der Waals surface area contributed by atoms with Crippen LogP contribution in [0.25, 0.3) is 0 Å². The van der Waals surface area contributed by atoms with Gasteiger partial charge in [0.2, 0.25) is 5.89 Å². The first-order chi connectivity index (χ1) is 8.97. The molecule has 2 rings (SSSR count). The van der Waals surface area contributed by atoms with E-state index in [0.717, 1.165) is 23.9 Å². The molecule has 0 aliphatic carbocycles. The highest BCUT2D eigenvalue weighted by molar-refractivity contribution is 7.99. The Hall–Kier alpha value is -1.23. The van der Waals surface area contributed by atoms with Crippen molar-refractivity contribution in [1.29, 1.82) is 0 Å². The molecule has 2 aromatic heterocycles. The summed E-state index contributed by atoms with van der Waals surface area (Å²) in [6, 6.07) is 1.94. The van der Waals surface area contributed by atoms with Crippen molar-refractivity contribution in [1.82, 2.24) is 14.8 Å². The summed E-state index contributed by atoms with van der Waals surface area (Å²) < 4.78 is 7.78. The Bertz CT molecular complexity index is 499. The molecular formula is C14H21N3OS.